The largest absolute Gasteiger partial charge is 0.374 e. The lowest BCUT2D eigenvalue weighted by molar-refractivity contribution is -0.117. The van der Waals surface area contributed by atoms with Gasteiger partial charge in [0.25, 0.3) is 5.91 Å². The van der Waals surface area contributed by atoms with E-state index in [1.165, 1.54) is 11.3 Å². The third kappa shape index (κ3) is 6.38. The first-order chi connectivity index (χ1) is 19.9. The van der Waals surface area contributed by atoms with Crippen LogP contribution in [0.5, 0.6) is 0 Å². The van der Waals surface area contributed by atoms with Crippen LogP contribution in [0.3, 0.4) is 0 Å². The van der Waals surface area contributed by atoms with Crippen LogP contribution < -0.4 is 16.0 Å². The fraction of sp³-hybridized carbons (Fsp3) is 0.300. The highest BCUT2D eigenvalue weighted by Crippen LogP contribution is 2.36. The van der Waals surface area contributed by atoms with E-state index in [1.807, 2.05) is 35.4 Å². The number of hydrogen-bond donors (Lipinski definition) is 4. The average Bonchev–Trinajstić information content (AvgIpc) is 3.74. The summed E-state index contributed by atoms with van der Waals surface area (Å²) in [5.41, 5.74) is 2.78. The van der Waals surface area contributed by atoms with Crippen LogP contribution >= 0.6 is 34.3 Å². The summed E-state index contributed by atoms with van der Waals surface area (Å²) in [5.74, 6) is 0.178. The summed E-state index contributed by atoms with van der Waals surface area (Å²) in [7, 11) is 0. The van der Waals surface area contributed by atoms with Crippen LogP contribution in [0.25, 0.3) is 10.4 Å². The van der Waals surface area contributed by atoms with Gasteiger partial charge in [0, 0.05) is 42.3 Å². The first kappa shape index (κ1) is 28.0. The van der Waals surface area contributed by atoms with Crippen LogP contribution in [0.15, 0.2) is 66.9 Å². The van der Waals surface area contributed by atoms with Crippen molar-refractivity contribution in [2.45, 2.75) is 37.6 Å². The molecule has 2 saturated heterocycles. The van der Waals surface area contributed by atoms with Crippen LogP contribution in [-0.2, 0) is 11.3 Å². The molecule has 8 nitrogen and oxygen atoms in total. The Kier molecular flexibility index (Phi) is 8.47. The van der Waals surface area contributed by atoms with E-state index in [9.17, 15) is 14.7 Å². The lowest BCUT2D eigenvalue weighted by Gasteiger charge is -2.37. The zero-order valence-corrected chi connectivity index (χ0v) is 24.6. The third-order valence-corrected chi connectivity index (χ3v) is 9.96. The maximum absolute atomic E-state index is 13.0. The molecule has 4 N–H and O–H groups in total. The molecule has 0 spiro atoms. The molecule has 6 rings (SSSR count). The van der Waals surface area contributed by atoms with E-state index in [-0.39, 0.29) is 23.8 Å². The number of thiophene rings is 1. The molecule has 2 amide bonds. The van der Waals surface area contributed by atoms with Gasteiger partial charge >= 0.3 is 0 Å². The number of nitrogens with zero attached hydrogens (tertiary/aromatic N) is 2. The smallest absolute Gasteiger partial charge is 0.264 e. The van der Waals surface area contributed by atoms with Crippen LogP contribution in [0.4, 0.5) is 5.00 Å². The van der Waals surface area contributed by atoms with Gasteiger partial charge in [-0.3, -0.25) is 14.9 Å². The highest BCUT2D eigenvalue weighted by atomic mass is 35.5. The molecule has 11 heteroatoms. The molecule has 2 aliphatic rings. The van der Waals surface area contributed by atoms with E-state index in [2.05, 4.69) is 33.1 Å². The zero-order chi connectivity index (χ0) is 28.3. The van der Waals surface area contributed by atoms with Gasteiger partial charge in [-0.05, 0) is 48.7 Å². The molecule has 212 valence electrons. The number of aromatic nitrogens is 1. The molecule has 2 aromatic carbocycles. The monoisotopic (exact) mass is 607 g/mol. The van der Waals surface area contributed by atoms with E-state index in [0.29, 0.717) is 40.1 Å². The number of aliphatic hydroxyl groups excluding tert-OH is 1. The maximum Gasteiger partial charge on any atom is 0.264 e. The molecule has 0 aliphatic carbocycles. The zero-order valence-electron chi connectivity index (χ0n) is 22.2. The highest BCUT2D eigenvalue weighted by molar-refractivity contribution is 7.18. The number of carbonyl (C=O) groups excluding carboxylic acids is 2. The van der Waals surface area contributed by atoms with Gasteiger partial charge in [-0.2, -0.15) is 0 Å². The first-order valence-electron chi connectivity index (χ1n) is 13.6. The Morgan fingerprint density at radius 1 is 1.10 bits per heavy atom. The number of carbonyl (C=O) groups is 2. The Morgan fingerprint density at radius 3 is 2.66 bits per heavy atom. The highest BCUT2D eigenvalue weighted by Gasteiger charge is 2.35. The summed E-state index contributed by atoms with van der Waals surface area (Å²) in [6.07, 6.45) is 2.90. The van der Waals surface area contributed by atoms with E-state index in [1.54, 1.807) is 35.6 Å². The molecule has 1 unspecified atom stereocenters. The van der Waals surface area contributed by atoms with Crippen molar-refractivity contribution >= 4 is 51.1 Å². The minimum absolute atomic E-state index is 0.00799. The van der Waals surface area contributed by atoms with Crippen molar-refractivity contribution in [3.8, 4) is 10.4 Å². The topological polar surface area (TPSA) is 107 Å². The van der Waals surface area contributed by atoms with Crippen molar-refractivity contribution in [1.82, 2.24) is 20.5 Å². The molecule has 41 heavy (non-hydrogen) atoms. The van der Waals surface area contributed by atoms with Crippen LogP contribution in [0.2, 0.25) is 5.02 Å². The number of aliphatic hydroxyl groups is 1. The van der Waals surface area contributed by atoms with Crippen molar-refractivity contribution in [1.29, 1.82) is 0 Å². The summed E-state index contributed by atoms with van der Waals surface area (Å²) in [5, 5.41) is 21.9. The second kappa shape index (κ2) is 12.4. The normalized spacial score (nSPS) is 17.8. The van der Waals surface area contributed by atoms with Crippen molar-refractivity contribution in [2.75, 3.05) is 25.0 Å². The van der Waals surface area contributed by atoms with Gasteiger partial charge < -0.3 is 20.6 Å². The Bertz CT molecular complexity index is 1530. The molecular weight excluding hydrogens is 578 g/mol. The van der Waals surface area contributed by atoms with Crippen molar-refractivity contribution < 1.29 is 14.7 Å². The number of hydrogen-bond acceptors (Lipinski definition) is 8. The van der Waals surface area contributed by atoms with E-state index in [4.69, 9.17) is 11.6 Å². The van der Waals surface area contributed by atoms with Crippen molar-refractivity contribution in [2.24, 2.45) is 0 Å². The summed E-state index contributed by atoms with van der Waals surface area (Å²) < 4.78 is 0. The molecule has 2 atom stereocenters. The predicted octanol–water partition coefficient (Wildman–Crippen LogP) is 5.24. The Balaban J connectivity index is 0.991. The lowest BCUT2D eigenvalue weighted by Crippen LogP contribution is -2.48. The Hall–Kier alpha value is -3.12. The lowest BCUT2D eigenvalue weighted by atomic mass is 10.0. The van der Waals surface area contributed by atoms with E-state index < -0.39 is 6.23 Å². The number of halogens is 1. The minimum atomic E-state index is -0.844. The maximum atomic E-state index is 13.0. The molecule has 2 aromatic heterocycles. The number of thiazole rings is 1. The van der Waals surface area contributed by atoms with Crippen LogP contribution in [0, 0.1) is 0 Å². The molecule has 0 radical (unpaired) electrons. The summed E-state index contributed by atoms with van der Waals surface area (Å²) in [6.45, 7) is 2.64. The fourth-order valence-electron chi connectivity index (χ4n) is 5.01. The molecule has 4 heterocycles. The summed E-state index contributed by atoms with van der Waals surface area (Å²) in [6, 6.07) is 18.9. The van der Waals surface area contributed by atoms with Gasteiger partial charge in [-0.1, -0.05) is 54.1 Å². The standard InChI is InChI=1S/C30H30ClN5O3S2/c31-22-5-2-1-4-21(22)27(37)33-14-18-7-9-19(10-8-18)25-15-34-29(41-25)20-16-36(17-20)30(39)24-11-12-26(40-24)35-28(38)23-6-3-13-32-23/h1-2,4-5,7-12,15,20,23,27,32-33,37H,3,6,13-14,16-17H2,(H,35,38)/t23-,27?/m0/s1. The summed E-state index contributed by atoms with van der Waals surface area (Å²) >= 11 is 9.15. The number of rotatable bonds is 9. The minimum Gasteiger partial charge on any atom is -0.374 e. The Labute approximate surface area is 251 Å². The number of amides is 2. The Morgan fingerprint density at radius 2 is 1.90 bits per heavy atom. The SMILES string of the molecule is O=C(Nc1ccc(C(=O)N2CC(c3ncc(-c4ccc(CNC(O)c5ccccc5Cl)cc4)s3)C2)s1)[C@@H]1CCCN1. The van der Waals surface area contributed by atoms with Gasteiger partial charge in [0.2, 0.25) is 5.91 Å². The molecular formula is C30H30ClN5O3S2. The number of likely N-dealkylation sites (tertiary alicyclic amines) is 1. The first-order valence-corrected chi connectivity index (χ1v) is 15.6. The van der Waals surface area contributed by atoms with Gasteiger partial charge in [0.15, 0.2) is 0 Å². The predicted molar refractivity (Wildman–Crippen MR) is 163 cm³/mol. The second-order valence-corrected chi connectivity index (χ2v) is 12.8. The van der Waals surface area contributed by atoms with E-state index >= 15 is 0 Å². The van der Waals surface area contributed by atoms with Crippen LogP contribution in [-0.4, -0.2) is 52.5 Å². The third-order valence-electron chi connectivity index (χ3n) is 7.42. The van der Waals surface area contributed by atoms with Crippen molar-refractivity contribution in [3.63, 3.8) is 0 Å². The van der Waals surface area contributed by atoms with Gasteiger partial charge in [0.1, 0.15) is 6.23 Å². The number of benzene rings is 2. The fourth-order valence-corrected chi connectivity index (χ4v) is 7.13. The second-order valence-electron chi connectivity index (χ2n) is 10.3. The molecule has 0 saturated carbocycles. The van der Waals surface area contributed by atoms with Crippen LogP contribution in [0.1, 0.15) is 50.8 Å². The van der Waals surface area contributed by atoms with E-state index in [0.717, 1.165) is 40.4 Å². The van der Waals surface area contributed by atoms with Gasteiger partial charge in [-0.25, -0.2) is 4.98 Å². The van der Waals surface area contributed by atoms with Crippen molar-refractivity contribution in [3.05, 3.63) is 92.9 Å². The number of nitrogens with one attached hydrogen (secondary N) is 3. The molecule has 2 fully saturated rings. The quantitative estimate of drug-likeness (QED) is 0.194. The summed E-state index contributed by atoms with van der Waals surface area (Å²) in [4.78, 5) is 33.5. The molecule has 4 aromatic rings. The molecule has 2 aliphatic heterocycles. The number of anilines is 1. The van der Waals surface area contributed by atoms with Gasteiger partial charge in [-0.15, -0.1) is 22.7 Å². The average molecular weight is 608 g/mol. The van der Waals surface area contributed by atoms with Gasteiger partial charge in [0.05, 0.1) is 25.8 Å². The molecule has 0 bridgehead atoms.